The van der Waals surface area contributed by atoms with Crippen molar-refractivity contribution in [3.63, 3.8) is 0 Å². The van der Waals surface area contributed by atoms with Crippen molar-refractivity contribution in [3.05, 3.63) is 97.7 Å². The average Bonchev–Trinajstić information content (AvgIpc) is 2.71. The quantitative estimate of drug-likeness (QED) is 0.339. The number of halogens is 1. The summed E-state index contributed by atoms with van der Waals surface area (Å²) in [5.74, 6) is -1.20. The van der Waals surface area contributed by atoms with Gasteiger partial charge in [-0.3, -0.25) is 14.6 Å². The maximum absolute atomic E-state index is 12.1. The van der Waals surface area contributed by atoms with Crippen LogP contribution in [0.25, 0.3) is 11.8 Å². The Bertz CT molecular complexity index is 1210. The van der Waals surface area contributed by atoms with Crippen LogP contribution in [-0.4, -0.2) is 26.8 Å². The molecule has 0 atom stereocenters. The zero-order valence-corrected chi connectivity index (χ0v) is 15.6. The number of rotatable bonds is 5. The summed E-state index contributed by atoms with van der Waals surface area (Å²) < 4.78 is 0.836. The standard InChI is InChI=1S/C20H15ClN4O4/c21-15-8-4-5-9-16(15)25-19(28)14(18(27)23-20(25)29)12-22-24-17(26)11-10-13-6-2-1-3-7-13/h1-12,28H,(H,24,26)(H,23,27,29)/b11-10+,22-12?. The molecule has 1 heterocycles. The van der Waals surface area contributed by atoms with Gasteiger partial charge in [0, 0.05) is 6.08 Å². The maximum Gasteiger partial charge on any atom is 0.335 e. The van der Waals surface area contributed by atoms with Crippen molar-refractivity contribution in [1.82, 2.24) is 15.0 Å². The molecule has 0 saturated heterocycles. The molecule has 0 aliphatic heterocycles. The Balaban J connectivity index is 1.84. The Morgan fingerprint density at radius 2 is 1.79 bits per heavy atom. The van der Waals surface area contributed by atoms with E-state index in [0.717, 1.165) is 16.3 Å². The molecule has 0 radical (unpaired) electrons. The van der Waals surface area contributed by atoms with Crippen LogP contribution in [0.5, 0.6) is 5.88 Å². The summed E-state index contributed by atoms with van der Waals surface area (Å²) in [6.45, 7) is 0. The largest absolute Gasteiger partial charge is 0.493 e. The number of aromatic nitrogens is 2. The summed E-state index contributed by atoms with van der Waals surface area (Å²) >= 11 is 6.06. The van der Waals surface area contributed by atoms with Crippen LogP contribution < -0.4 is 16.7 Å². The summed E-state index contributed by atoms with van der Waals surface area (Å²) in [4.78, 5) is 38.1. The van der Waals surface area contributed by atoms with Crippen molar-refractivity contribution in [3.8, 4) is 11.6 Å². The first-order valence-electron chi connectivity index (χ1n) is 8.36. The molecular formula is C20H15ClN4O4. The number of nitrogens with zero attached hydrogens (tertiary/aromatic N) is 2. The molecule has 0 fully saturated rings. The summed E-state index contributed by atoms with van der Waals surface area (Å²) in [7, 11) is 0. The van der Waals surface area contributed by atoms with E-state index in [0.29, 0.717) is 0 Å². The lowest BCUT2D eigenvalue weighted by Crippen LogP contribution is -2.31. The number of aromatic hydroxyl groups is 1. The highest BCUT2D eigenvalue weighted by atomic mass is 35.5. The molecule has 0 aliphatic rings. The molecule has 1 aromatic heterocycles. The first kappa shape index (κ1) is 19.8. The molecule has 29 heavy (non-hydrogen) atoms. The number of carbonyl (C=O) groups is 1. The van der Waals surface area contributed by atoms with Crippen LogP contribution in [0.1, 0.15) is 11.1 Å². The number of H-pyrrole nitrogens is 1. The first-order chi connectivity index (χ1) is 14.0. The minimum atomic E-state index is -0.868. The predicted molar refractivity (Wildman–Crippen MR) is 111 cm³/mol. The molecule has 1 amide bonds. The van der Waals surface area contributed by atoms with Crippen molar-refractivity contribution in [1.29, 1.82) is 0 Å². The normalized spacial score (nSPS) is 11.2. The SMILES string of the molecule is O=C(/C=C/c1ccccc1)NN=Cc1c(O)n(-c2ccccc2Cl)c(=O)[nH]c1=O. The molecule has 0 saturated carbocycles. The lowest BCUT2D eigenvalue weighted by Gasteiger charge is -2.10. The molecule has 146 valence electrons. The Morgan fingerprint density at radius 1 is 1.10 bits per heavy atom. The van der Waals surface area contributed by atoms with Gasteiger partial charge in [-0.05, 0) is 23.8 Å². The first-order valence-corrected chi connectivity index (χ1v) is 8.74. The number of carbonyl (C=O) groups excluding carboxylic acids is 1. The van der Waals surface area contributed by atoms with Gasteiger partial charge in [-0.15, -0.1) is 0 Å². The molecule has 0 bridgehead atoms. The van der Waals surface area contributed by atoms with Gasteiger partial charge in [0.25, 0.3) is 11.5 Å². The number of hydrogen-bond donors (Lipinski definition) is 3. The fourth-order valence-corrected chi connectivity index (χ4v) is 2.67. The van der Waals surface area contributed by atoms with Crippen molar-refractivity contribution in [2.75, 3.05) is 0 Å². The van der Waals surface area contributed by atoms with Gasteiger partial charge in [0.2, 0.25) is 5.88 Å². The third-order valence-electron chi connectivity index (χ3n) is 3.81. The van der Waals surface area contributed by atoms with Crippen molar-refractivity contribution in [2.24, 2.45) is 5.10 Å². The summed E-state index contributed by atoms with van der Waals surface area (Å²) in [5.41, 5.74) is 1.15. The minimum Gasteiger partial charge on any atom is -0.493 e. The monoisotopic (exact) mass is 410 g/mol. The van der Waals surface area contributed by atoms with Crippen LogP contribution >= 0.6 is 11.6 Å². The highest BCUT2D eigenvalue weighted by Gasteiger charge is 2.15. The molecule has 8 nitrogen and oxygen atoms in total. The van der Waals surface area contributed by atoms with E-state index in [2.05, 4.69) is 15.5 Å². The van der Waals surface area contributed by atoms with Gasteiger partial charge in [-0.2, -0.15) is 5.10 Å². The topological polar surface area (TPSA) is 117 Å². The van der Waals surface area contributed by atoms with Gasteiger partial charge >= 0.3 is 5.69 Å². The fourth-order valence-electron chi connectivity index (χ4n) is 2.45. The summed E-state index contributed by atoms with van der Waals surface area (Å²) in [5, 5.41) is 14.3. The van der Waals surface area contributed by atoms with Crippen LogP contribution in [-0.2, 0) is 4.79 Å². The van der Waals surface area contributed by atoms with Gasteiger partial charge in [-0.25, -0.2) is 14.8 Å². The minimum absolute atomic E-state index is 0.178. The van der Waals surface area contributed by atoms with Crippen LogP contribution in [0.2, 0.25) is 5.02 Å². The third-order valence-corrected chi connectivity index (χ3v) is 4.13. The van der Waals surface area contributed by atoms with E-state index in [9.17, 15) is 19.5 Å². The zero-order valence-electron chi connectivity index (χ0n) is 14.9. The van der Waals surface area contributed by atoms with Crippen LogP contribution in [0.3, 0.4) is 0 Å². The second kappa shape index (κ2) is 8.85. The number of para-hydroxylation sites is 1. The van der Waals surface area contributed by atoms with E-state index in [1.54, 1.807) is 18.2 Å². The highest BCUT2D eigenvalue weighted by Crippen LogP contribution is 2.22. The lowest BCUT2D eigenvalue weighted by molar-refractivity contribution is -0.116. The van der Waals surface area contributed by atoms with Gasteiger partial charge < -0.3 is 5.11 Å². The predicted octanol–water partition coefficient (Wildman–Crippen LogP) is 2.05. The molecule has 3 rings (SSSR count). The van der Waals surface area contributed by atoms with Gasteiger partial charge in [0.05, 0.1) is 16.9 Å². The Labute approximate surface area is 169 Å². The molecular weight excluding hydrogens is 396 g/mol. The van der Waals surface area contributed by atoms with Gasteiger partial charge in [0.1, 0.15) is 5.56 Å². The number of hydrogen-bond acceptors (Lipinski definition) is 5. The van der Waals surface area contributed by atoms with Crippen LogP contribution in [0, 0.1) is 0 Å². The fraction of sp³-hybridized carbons (Fsp3) is 0. The number of benzene rings is 2. The summed E-state index contributed by atoms with van der Waals surface area (Å²) in [6.07, 6.45) is 3.79. The van der Waals surface area contributed by atoms with Gasteiger partial charge in [0.15, 0.2) is 0 Å². The zero-order chi connectivity index (χ0) is 20.8. The molecule has 0 unspecified atom stereocenters. The van der Waals surface area contributed by atoms with E-state index >= 15 is 0 Å². The summed E-state index contributed by atoms with van der Waals surface area (Å²) in [6, 6.07) is 15.5. The number of aromatic amines is 1. The highest BCUT2D eigenvalue weighted by molar-refractivity contribution is 6.32. The average molecular weight is 411 g/mol. The molecule has 0 spiro atoms. The molecule has 2 aromatic carbocycles. The number of amides is 1. The number of hydrazone groups is 1. The van der Waals surface area contributed by atoms with E-state index in [1.807, 2.05) is 30.3 Å². The van der Waals surface area contributed by atoms with E-state index in [1.165, 1.54) is 18.2 Å². The molecule has 3 aromatic rings. The third kappa shape index (κ3) is 4.69. The molecule has 3 N–H and O–H groups in total. The Hall–Kier alpha value is -3.91. The van der Waals surface area contributed by atoms with E-state index in [4.69, 9.17) is 11.6 Å². The van der Waals surface area contributed by atoms with Crippen molar-refractivity contribution in [2.45, 2.75) is 0 Å². The van der Waals surface area contributed by atoms with Crippen LogP contribution in [0.4, 0.5) is 0 Å². The number of nitrogens with one attached hydrogen (secondary N) is 2. The molecule has 0 aliphatic carbocycles. The second-order valence-electron chi connectivity index (χ2n) is 5.76. The van der Waals surface area contributed by atoms with Gasteiger partial charge in [-0.1, -0.05) is 54.1 Å². The van der Waals surface area contributed by atoms with Crippen LogP contribution in [0.15, 0.2) is 75.4 Å². The van der Waals surface area contributed by atoms with E-state index < -0.39 is 23.0 Å². The maximum atomic E-state index is 12.1. The molecule has 9 heteroatoms. The van der Waals surface area contributed by atoms with Crippen molar-refractivity contribution >= 4 is 29.8 Å². The Morgan fingerprint density at radius 3 is 2.52 bits per heavy atom. The van der Waals surface area contributed by atoms with E-state index in [-0.39, 0.29) is 16.3 Å². The second-order valence-corrected chi connectivity index (χ2v) is 6.17. The lowest BCUT2D eigenvalue weighted by atomic mass is 10.2. The van der Waals surface area contributed by atoms with Crippen molar-refractivity contribution < 1.29 is 9.90 Å². The smallest absolute Gasteiger partial charge is 0.335 e. The Kier molecular flexibility index (Phi) is 6.06.